The number of carbonyl (C=O) groups is 1. The Kier molecular flexibility index (Phi) is 6.58. The molecule has 0 saturated carbocycles. The Hall–Kier alpha value is -2.92. The molecule has 0 N–H and O–H groups in total. The van der Waals surface area contributed by atoms with Gasteiger partial charge in [0, 0.05) is 31.1 Å². The number of benzene rings is 2. The molecule has 2 aliphatic rings. The second-order valence-electron chi connectivity index (χ2n) is 9.40. The van der Waals surface area contributed by atoms with Crippen LogP contribution in [-0.2, 0) is 11.3 Å². The highest BCUT2D eigenvalue weighted by molar-refractivity contribution is 5.79. The fourth-order valence-corrected chi connectivity index (χ4v) is 5.06. The number of piperidine rings is 2. The van der Waals surface area contributed by atoms with Crippen LogP contribution in [0.4, 0.5) is 0 Å². The van der Waals surface area contributed by atoms with Crippen LogP contribution in [0.1, 0.15) is 43.6 Å². The number of amides is 1. The number of hydrogen-bond donors (Lipinski definition) is 0. The Bertz CT molecular complexity index is 1060. The summed E-state index contributed by atoms with van der Waals surface area (Å²) < 4.78 is 6.03. The minimum Gasteiger partial charge on any atom is -0.441 e. The third kappa shape index (κ3) is 5.03. The highest BCUT2D eigenvalue weighted by Gasteiger charge is 2.29. The number of oxazole rings is 1. The third-order valence-corrected chi connectivity index (χ3v) is 7.11. The number of nitrogens with zero attached hydrogens (tertiary/aromatic N) is 3. The van der Waals surface area contributed by atoms with Gasteiger partial charge in [0.2, 0.25) is 11.8 Å². The number of hydrogen-bond acceptors (Lipinski definition) is 4. The predicted octanol–water partition coefficient (Wildman–Crippen LogP) is 5.54. The van der Waals surface area contributed by atoms with Gasteiger partial charge in [-0.15, -0.1) is 0 Å². The lowest BCUT2D eigenvalue weighted by molar-refractivity contribution is -0.138. The molecule has 1 amide bonds. The number of aromatic nitrogens is 1. The van der Waals surface area contributed by atoms with Crippen LogP contribution in [-0.4, -0.2) is 46.9 Å². The van der Waals surface area contributed by atoms with Gasteiger partial charge in [-0.2, -0.15) is 0 Å². The summed E-state index contributed by atoms with van der Waals surface area (Å²) in [6, 6.07) is 18.8. The molecule has 5 heteroatoms. The molecule has 1 aromatic heterocycles. The molecule has 0 atom stereocenters. The van der Waals surface area contributed by atoms with Crippen molar-refractivity contribution in [3.05, 3.63) is 66.1 Å². The Morgan fingerprint density at radius 2 is 1.52 bits per heavy atom. The molecule has 33 heavy (non-hydrogen) atoms. The number of rotatable bonds is 5. The topological polar surface area (TPSA) is 49.6 Å². The third-order valence-electron chi connectivity index (χ3n) is 7.11. The van der Waals surface area contributed by atoms with Crippen LogP contribution < -0.4 is 0 Å². The molecule has 2 aliphatic heterocycles. The summed E-state index contributed by atoms with van der Waals surface area (Å²) in [4.78, 5) is 22.2. The standard InChI is InChI=1S/C28H33N3O2/c1-21-26(20-30-18-14-25(15-19-30)28(32)31-16-6-3-7-17-31)29-27(33-21)24-12-10-23(11-13-24)22-8-4-2-5-9-22/h2,4-5,8-13,25H,3,6-7,14-20H2,1H3. The molecule has 172 valence electrons. The summed E-state index contributed by atoms with van der Waals surface area (Å²) in [5.41, 5.74) is 4.38. The Labute approximate surface area is 196 Å². The normalized spacial score (nSPS) is 17.9. The summed E-state index contributed by atoms with van der Waals surface area (Å²) in [5.74, 6) is 2.13. The molecule has 2 fully saturated rings. The van der Waals surface area contributed by atoms with Crippen molar-refractivity contribution < 1.29 is 9.21 Å². The number of likely N-dealkylation sites (tertiary alicyclic amines) is 2. The van der Waals surface area contributed by atoms with Crippen LogP contribution >= 0.6 is 0 Å². The summed E-state index contributed by atoms with van der Waals surface area (Å²) in [7, 11) is 0. The SMILES string of the molecule is Cc1oc(-c2ccc(-c3ccccc3)cc2)nc1CN1CCC(C(=O)N2CCCCC2)CC1. The van der Waals surface area contributed by atoms with Crippen LogP contribution in [0.25, 0.3) is 22.6 Å². The minimum atomic E-state index is 0.191. The van der Waals surface area contributed by atoms with Gasteiger partial charge in [-0.05, 0) is 75.4 Å². The van der Waals surface area contributed by atoms with E-state index in [9.17, 15) is 4.79 Å². The van der Waals surface area contributed by atoms with Crippen molar-refractivity contribution in [3.8, 4) is 22.6 Å². The Balaban J connectivity index is 1.19. The van der Waals surface area contributed by atoms with E-state index in [0.717, 1.165) is 75.4 Å². The fraction of sp³-hybridized carbons (Fsp3) is 0.429. The average molecular weight is 444 g/mol. The summed E-state index contributed by atoms with van der Waals surface area (Å²) >= 11 is 0. The van der Waals surface area contributed by atoms with Crippen molar-refractivity contribution in [1.82, 2.24) is 14.8 Å². The average Bonchev–Trinajstić information content (AvgIpc) is 3.25. The molecule has 5 rings (SSSR count). The maximum Gasteiger partial charge on any atom is 0.226 e. The van der Waals surface area contributed by atoms with Crippen LogP contribution in [0.3, 0.4) is 0 Å². The van der Waals surface area contributed by atoms with Gasteiger partial charge in [0.25, 0.3) is 0 Å². The summed E-state index contributed by atoms with van der Waals surface area (Å²) in [5, 5.41) is 0. The first-order chi connectivity index (χ1) is 16.2. The lowest BCUT2D eigenvalue weighted by Gasteiger charge is -2.35. The first kappa shape index (κ1) is 21.9. The number of aryl methyl sites for hydroxylation is 1. The fourth-order valence-electron chi connectivity index (χ4n) is 5.06. The van der Waals surface area contributed by atoms with E-state index in [1.54, 1.807) is 0 Å². The van der Waals surface area contributed by atoms with E-state index in [1.165, 1.54) is 17.5 Å². The molecular formula is C28H33N3O2. The van der Waals surface area contributed by atoms with Crippen molar-refractivity contribution in [2.24, 2.45) is 5.92 Å². The first-order valence-electron chi connectivity index (χ1n) is 12.3. The van der Waals surface area contributed by atoms with E-state index < -0.39 is 0 Å². The van der Waals surface area contributed by atoms with Crippen molar-refractivity contribution in [2.75, 3.05) is 26.2 Å². The van der Waals surface area contributed by atoms with E-state index in [-0.39, 0.29) is 5.92 Å². The van der Waals surface area contributed by atoms with E-state index in [2.05, 4.69) is 58.3 Å². The maximum absolute atomic E-state index is 12.8. The zero-order valence-corrected chi connectivity index (χ0v) is 19.5. The van der Waals surface area contributed by atoms with Gasteiger partial charge in [-0.1, -0.05) is 42.5 Å². The van der Waals surface area contributed by atoms with Crippen LogP contribution in [0, 0.1) is 12.8 Å². The quantitative estimate of drug-likeness (QED) is 0.519. The summed E-state index contributed by atoms with van der Waals surface area (Å²) in [6.07, 6.45) is 5.47. The maximum atomic E-state index is 12.8. The molecule has 2 saturated heterocycles. The second-order valence-corrected chi connectivity index (χ2v) is 9.40. The molecule has 0 aliphatic carbocycles. The molecule has 0 spiro atoms. The van der Waals surface area contributed by atoms with Crippen LogP contribution in [0.5, 0.6) is 0 Å². The van der Waals surface area contributed by atoms with Gasteiger partial charge in [0.05, 0.1) is 5.69 Å². The first-order valence-corrected chi connectivity index (χ1v) is 12.3. The summed E-state index contributed by atoms with van der Waals surface area (Å²) in [6.45, 7) is 6.56. The monoisotopic (exact) mass is 443 g/mol. The van der Waals surface area contributed by atoms with Gasteiger partial charge < -0.3 is 9.32 Å². The van der Waals surface area contributed by atoms with Crippen molar-refractivity contribution in [2.45, 2.75) is 45.6 Å². The van der Waals surface area contributed by atoms with Crippen LogP contribution in [0.15, 0.2) is 59.0 Å². The van der Waals surface area contributed by atoms with E-state index in [1.807, 2.05) is 13.0 Å². The number of carbonyl (C=O) groups excluding carboxylic acids is 1. The van der Waals surface area contributed by atoms with Gasteiger partial charge in [-0.25, -0.2) is 4.98 Å². The molecule has 2 aromatic carbocycles. The predicted molar refractivity (Wildman–Crippen MR) is 131 cm³/mol. The van der Waals surface area contributed by atoms with Gasteiger partial charge in [0.1, 0.15) is 5.76 Å². The lowest BCUT2D eigenvalue weighted by Crippen LogP contribution is -2.44. The molecule has 0 bridgehead atoms. The van der Waals surface area contributed by atoms with Crippen molar-refractivity contribution in [3.63, 3.8) is 0 Å². The van der Waals surface area contributed by atoms with Gasteiger partial charge >= 0.3 is 0 Å². The largest absolute Gasteiger partial charge is 0.441 e. The van der Waals surface area contributed by atoms with Crippen molar-refractivity contribution in [1.29, 1.82) is 0 Å². The molecule has 0 radical (unpaired) electrons. The zero-order valence-electron chi connectivity index (χ0n) is 19.5. The minimum absolute atomic E-state index is 0.191. The van der Waals surface area contributed by atoms with Crippen molar-refractivity contribution >= 4 is 5.91 Å². The van der Waals surface area contributed by atoms with Gasteiger partial charge in [-0.3, -0.25) is 9.69 Å². The smallest absolute Gasteiger partial charge is 0.226 e. The van der Waals surface area contributed by atoms with Crippen LogP contribution in [0.2, 0.25) is 0 Å². The van der Waals surface area contributed by atoms with E-state index >= 15 is 0 Å². The zero-order chi connectivity index (χ0) is 22.6. The molecule has 5 nitrogen and oxygen atoms in total. The van der Waals surface area contributed by atoms with E-state index in [0.29, 0.717) is 11.8 Å². The Morgan fingerprint density at radius 3 is 2.21 bits per heavy atom. The lowest BCUT2D eigenvalue weighted by atomic mass is 9.94. The van der Waals surface area contributed by atoms with Gasteiger partial charge in [0.15, 0.2) is 0 Å². The molecule has 0 unspecified atom stereocenters. The highest BCUT2D eigenvalue weighted by atomic mass is 16.4. The molecule has 3 heterocycles. The van der Waals surface area contributed by atoms with E-state index in [4.69, 9.17) is 9.40 Å². The molecular weight excluding hydrogens is 410 g/mol. The Morgan fingerprint density at radius 1 is 0.879 bits per heavy atom. The second kappa shape index (κ2) is 9.92. The molecule has 3 aromatic rings. The highest BCUT2D eigenvalue weighted by Crippen LogP contribution is 2.28.